The van der Waals surface area contributed by atoms with Gasteiger partial charge in [0.2, 0.25) is 0 Å². The Morgan fingerprint density at radius 3 is 2.75 bits per heavy atom. The second kappa shape index (κ2) is 5.16. The van der Waals surface area contributed by atoms with Crippen molar-refractivity contribution in [2.24, 2.45) is 0 Å². The third-order valence-corrected chi connectivity index (χ3v) is 3.06. The molecule has 20 heavy (non-hydrogen) atoms. The predicted octanol–water partition coefficient (Wildman–Crippen LogP) is 1.28. The number of amides is 1. The molecule has 2 aromatic rings. The van der Waals surface area contributed by atoms with E-state index in [9.17, 15) is 9.59 Å². The number of rotatable bonds is 3. The number of carboxylic acid groups (broad SMARTS) is 1. The molecule has 6 heteroatoms. The first-order valence-electron chi connectivity index (χ1n) is 6.03. The summed E-state index contributed by atoms with van der Waals surface area (Å²) in [5.74, 6) is -1.51. The first kappa shape index (κ1) is 13.8. The Hall–Kier alpha value is -2.63. The van der Waals surface area contributed by atoms with E-state index < -0.39 is 11.9 Å². The van der Waals surface area contributed by atoms with E-state index in [1.165, 1.54) is 7.05 Å². The van der Waals surface area contributed by atoms with Crippen LogP contribution >= 0.6 is 0 Å². The van der Waals surface area contributed by atoms with Gasteiger partial charge in [0, 0.05) is 29.7 Å². The Morgan fingerprint density at radius 1 is 1.40 bits per heavy atom. The highest BCUT2D eigenvalue weighted by molar-refractivity contribution is 6.09. The van der Waals surface area contributed by atoms with Crippen LogP contribution in [0.5, 0.6) is 0 Å². The van der Waals surface area contributed by atoms with E-state index in [4.69, 9.17) is 10.8 Å². The number of hydrogen-bond donors (Lipinski definition) is 2. The molecule has 1 aromatic carbocycles. The lowest BCUT2D eigenvalue weighted by molar-refractivity contribution is -0.137. The molecule has 0 aliphatic rings. The quantitative estimate of drug-likeness (QED) is 0.821. The summed E-state index contributed by atoms with van der Waals surface area (Å²) in [5.41, 5.74) is 7.58. The fraction of sp³-hybridized carbons (Fsp3) is 0.214. The molecule has 3 N–H and O–H groups in total. The van der Waals surface area contributed by atoms with E-state index in [2.05, 4.69) is 4.98 Å². The minimum absolute atomic E-state index is 0.210. The Morgan fingerprint density at radius 2 is 2.10 bits per heavy atom. The van der Waals surface area contributed by atoms with Gasteiger partial charge in [-0.1, -0.05) is 12.1 Å². The van der Waals surface area contributed by atoms with Crippen LogP contribution in [0.1, 0.15) is 16.1 Å². The number of carbonyl (C=O) groups excluding carboxylic acids is 1. The van der Waals surface area contributed by atoms with Gasteiger partial charge in [0.15, 0.2) is 0 Å². The first-order chi connectivity index (χ1) is 9.41. The van der Waals surface area contributed by atoms with Crippen LogP contribution < -0.4 is 5.73 Å². The molecule has 0 atom stereocenters. The minimum atomic E-state index is -1.07. The van der Waals surface area contributed by atoms with Crippen LogP contribution in [-0.4, -0.2) is 40.5 Å². The SMILES string of the molecule is Cc1cnc(C(=O)N(C)CC(=O)O)c2cccc(N)c12. The summed E-state index contributed by atoms with van der Waals surface area (Å²) in [6, 6.07) is 5.25. The average Bonchev–Trinajstić information content (AvgIpc) is 2.37. The molecule has 0 saturated heterocycles. The third kappa shape index (κ3) is 2.40. The largest absolute Gasteiger partial charge is 0.480 e. The van der Waals surface area contributed by atoms with Crippen molar-refractivity contribution in [1.29, 1.82) is 0 Å². The second-order valence-electron chi connectivity index (χ2n) is 4.61. The summed E-state index contributed by atoms with van der Waals surface area (Å²) in [6.45, 7) is 1.49. The Kier molecular flexibility index (Phi) is 3.56. The molecule has 0 fully saturated rings. The highest BCUT2D eigenvalue weighted by Crippen LogP contribution is 2.26. The number of carboxylic acids is 1. The fourth-order valence-electron chi connectivity index (χ4n) is 2.13. The van der Waals surface area contributed by atoms with Crippen molar-refractivity contribution < 1.29 is 14.7 Å². The normalized spacial score (nSPS) is 10.5. The van der Waals surface area contributed by atoms with E-state index in [-0.39, 0.29) is 12.2 Å². The van der Waals surface area contributed by atoms with Gasteiger partial charge in [-0.15, -0.1) is 0 Å². The van der Waals surface area contributed by atoms with E-state index in [0.717, 1.165) is 15.8 Å². The average molecular weight is 273 g/mol. The zero-order chi connectivity index (χ0) is 14.9. The number of fused-ring (bicyclic) bond motifs is 1. The van der Waals surface area contributed by atoms with Crippen molar-refractivity contribution in [3.63, 3.8) is 0 Å². The van der Waals surface area contributed by atoms with Gasteiger partial charge in [-0.05, 0) is 18.6 Å². The Bertz CT molecular complexity index is 689. The van der Waals surface area contributed by atoms with Gasteiger partial charge in [0.1, 0.15) is 12.2 Å². The molecule has 0 spiro atoms. The van der Waals surface area contributed by atoms with E-state index >= 15 is 0 Å². The molecular formula is C14H15N3O3. The lowest BCUT2D eigenvalue weighted by atomic mass is 10.0. The number of benzene rings is 1. The van der Waals surface area contributed by atoms with Crippen LogP contribution in [0, 0.1) is 6.92 Å². The summed E-state index contributed by atoms with van der Waals surface area (Å²) in [7, 11) is 1.43. The summed E-state index contributed by atoms with van der Waals surface area (Å²) < 4.78 is 0. The van der Waals surface area contributed by atoms with Crippen molar-refractivity contribution in [1.82, 2.24) is 9.88 Å². The molecule has 0 aliphatic carbocycles. The molecule has 1 heterocycles. The van der Waals surface area contributed by atoms with E-state index in [1.807, 2.05) is 6.92 Å². The fourth-order valence-corrected chi connectivity index (χ4v) is 2.13. The molecule has 0 saturated carbocycles. The monoisotopic (exact) mass is 273 g/mol. The molecule has 0 aliphatic heterocycles. The van der Waals surface area contributed by atoms with Gasteiger partial charge < -0.3 is 15.7 Å². The first-order valence-corrected chi connectivity index (χ1v) is 6.03. The number of nitrogens with two attached hydrogens (primary N) is 1. The van der Waals surface area contributed by atoms with Crippen LogP contribution in [0.3, 0.4) is 0 Å². The van der Waals surface area contributed by atoms with Crippen molar-refractivity contribution in [2.45, 2.75) is 6.92 Å². The van der Waals surface area contributed by atoms with Gasteiger partial charge in [-0.2, -0.15) is 0 Å². The topological polar surface area (TPSA) is 96.5 Å². The lowest BCUT2D eigenvalue weighted by Crippen LogP contribution is -2.32. The number of aryl methyl sites for hydroxylation is 1. The summed E-state index contributed by atoms with van der Waals surface area (Å²) in [6.07, 6.45) is 1.57. The lowest BCUT2D eigenvalue weighted by Gasteiger charge is -2.16. The minimum Gasteiger partial charge on any atom is -0.480 e. The molecule has 0 unspecified atom stereocenters. The van der Waals surface area contributed by atoms with Crippen molar-refractivity contribution in [3.8, 4) is 0 Å². The smallest absolute Gasteiger partial charge is 0.323 e. The second-order valence-corrected chi connectivity index (χ2v) is 4.61. The number of likely N-dealkylation sites (N-methyl/N-ethyl adjacent to an activating group) is 1. The number of anilines is 1. The number of aliphatic carboxylic acids is 1. The molecule has 0 radical (unpaired) electrons. The van der Waals surface area contributed by atoms with Gasteiger partial charge in [-0.25, -0.2) is 0 Å². The van der Waals surface area contributed by atoms with Gasteiger partial charge in [0.05, 0.1) is 0 Å². The van der Waals surface area contributed by atoms with Gasteiger partial charge >= 0.3 is 5.97 Å². The molecule has 1 amide bonds. The predicted molar refractivity (Wildman–Crippen MR) is 75.5 cm³/mol. The van der Waals surface area contributed by atoms with Gasteiger partial charge in [0.25, 0.3) is 5.91 Å². The van der Waals surface area contributed by atoms with Crippen molar-refractivity contribution in [3.05, 3.63) is 35.7 Å². The van der Waals surface area contributed by atoms with Crippen LogP contribution in [0.15, 0.2) is 24.4 Å². The molecule has 6 nitrogen and oxygen atoms in total. The van der Waals surface area contributed by atoms with Crippen LogP contribution in [-0.2, 0) is 4.79 Å². The molecule has 0 bridgehead atoms. The molecular weight excluding hydrogens is 258 g/mol. The molecule has 104 valence electrons. The van der Waals surface area contributed by atoms with Gasteiger partial charge in [-0.3, -0.25) is 14.6 Å². The van der Waals surface area contributed by atoms with Crippen molar-refractivity contribution >= 4 is 28.3 Å². The number of nitrogen functional groups attached to an aromatic ring is 1. The number of carbonyl (C=O) groups is 2. The number of hydrogen-bond acceptors (Lipinski definition) is 4. The maximum atomic E-state index is 12.3. The van der Waals surface area contributed by atoms with E-state index in [1.54, 1.807) is 24.4 Å². The van der Waals surface area contributed by atoms with Crippen LogP contribution in [0.25, 0.3) is 10.8 Å². The summed E-state index contributed by atoms with van der Waals surface area (Å²) >= 11 is 0. The Labute approximate surface area is 115 Å². The standard InChI is InChI=1S/C14H15N3O3/c1-8-6-16-13(14(20)17(2)7-11(18)19)9-4-3-5-10(15)12(8)9/h3-6H,7,15H2,1-2H3,(H,18,19). The maximum absolute atomic E-state index is 12.3. The number of pyridine rings is 1. The third-order valence-electron chi connectivity index (χ3n) is 3.06. The zero-order valence-electron chi connectivity index (χ0n) is 11.3. The van der Waals surface area contributed by atoms with Crippen molar-refractivity contribution in [2.75, 3.05) is 19.3 Å². The zero-order valence-corrected chi connectivity index (χ0v) is 11.3. The molecule has 1 aromatic heterocycles. The van der Waals surface area contributed by atoms with E-state index in [0.29, 0.717) is 11.1 Å². The number of nitrogens with zero attached hydrogens (tertiary/aromatic N) is 2. The highest BCUT2D eigenvalue weighted by Gasteiger charge is 2.19. The maximum Gasteiger partial charge on any atom is 0.323 e. The Balaban J connectivity index is 2.56. The molecule has 2 rings (SSSR count). The summed E-state index contributed by atoms with van der Waals surface area (Å²) in [5, 5.41) is 10.2. The van der Waals surface area contributed by atoms with Crippen LogP contribution in [0.2, 0.25) is 0 Å². The summed E-state index contributed by atoms with van der Waals surface area (Å²) in [4.78, 5) is 28.2. The van der Waals surface area contributed by atoms with Crippen LogP contribution in [0.4, 0.5) is 5.69 Å². The number of aromatic nitrogens is 1. The highest BCUT2D eigenvalue weighted by atomic mass is 16.4.